The van der Waals surface area contributed by atoms with Crippen LogP contribution in [0.1, 0.15) is 12.5 Å². The maximum absolute atomic E-state index is 14.7. The SMILES string of the molecule is CC(=O)Cc1c([N+](=O)[O-])ccc(Oc2ccccccccc2)c1F. The molecular weight excluding hydrogens is 325 g/mol. The molecule has 0 aliphatic rings. The molecule has 0 aliphatic heterocycles. The number of nitrogens with zero attached hydrogens (tertiary/aromatic N) is 1. The molecule has 0 saturated carbocycles. The monoisotopic (exact) mass is 341 g/mol. The predicted molar refractivity (Wildman–Crippen MR) is 91.6 cm³/mol. The Hall–Kier alpha value is -3.28. The van der Waals surface area contributed by atoms with E-state index < -0.39 is 16.4 Å². The van der Waals surface area contributed by atoms with Gasteiger partial charge in [-0.15, -0.1) is 0 Å². The van der Waals surface area contributed by atoms with E-state index in [2.05, 4.69) is 0 Å². The van der Waals surface area contributed by atoms with Crippen molar-refractivity contribution in [2.45, 2.75) is 13.3 Å². The molecule has 0 bridgehead atoms. The summed E-state index contributed by atoms with van der Waals surface area (Å²) in [6, 6.07) is 18.1. The lowest BCUT2D eigenvalue weighted by atomic mass is 10.1. The minimum Gasteiger partial charge on any atom is -0.454 e. The second-order valence-corrected chi connectivity index (χ2v) is 5.20. The molecule has 0 heterocycles. The van der Waals surface area contributed by atoms with Crippen molar-refractivity contribution in [2.75, 3.05) is 0 Å². The maximum Gasteiger partial charge on any atom is 0.276 e. The molecule has 128 valence electrons. The standard InChI is InChI=1S/C19H16FNO4/c1-14(22)13-16-17(21(23)24)11-12-18(19(16)20)25-15-9-7-5-3-2-4-6-8-10-15/h2-12H,13H2,1H3. The molecule has 2 aromatic rings. The van der Waals surface area contributed by atoms with Gasteiger partial charge in [0, 0.05) is 12.5 Å². The van der Waals surface area contributed by atoms with Crippen LogP contribution in [0.3, 0.4) is 0 Å². The van der Waals surface area contributed by atoms with Crippen LogP contribution in [0.25, 0.3) is 0 Å². The van der Waals surface area contributed by atoms with E-state index >= 15 is 0 Å². The zero-order valence-electron chi connectivity index (χ0n) is 13.5. The van der Waals surface area contributed by atoms with Crippen LogP contribution in [0, 0.1) is 15.9 Å². The van der Waals surface area contributed by atoms with E-state index in [0.29, 0.717) is 5.75 Å². The minimum atomic E-state index is -0.907. The molecule has 0 aliphatic carbocycles. The normalized spacial score (nSPS) is 9.84. The lowest BCUT2D eigenvalue weighted by Gasteiger charge is -2.09. The molecule has 0 spiro atoms. The van der Waals surface area contributed by atoms with Gasteiger partial charge in [0.1, 0.15) is 11.5 Å². The number of hydrogen-bond acceptors (Lipinski definition) is 4. The molecule has 0 unspecified atom stereocenters. The van der Waals surface area contributed by atoms with E-state index in [1.54, 1.807) is 36.4 Å². The first kappa shape index (κ1) is 18.1. The summed E-state index contributed by atoms with van der Waals surface area (Å²) in [4.78, 5) is 21.7. The lowest BCUT2D eigenvalue weighted by Crippen LogP contribution is -2.05. The van der Waals surface area contributed by atoms with Crippen molar-refractivity contribution in [1.82, 2.24) is 0 Å². The molecule has 5 nitrogen and oxygen atoms in total. The first-order valence-corrected chi connectivity index (χ1v) is 7.50. The van der Waals surface area contributed by atoms with E-state index in [9.17, 15) is 19.3 Å². The second kappa shape index (κ2) is 8.54. The van der Waals surface area contributed by atoms with Crippen molar-refractivity contribution in [1.29, 1.82) is 0 Å². The first-order valence-electron chi connectivity index (χ1n) is 7.50. The number of rotatable bonds is 5. The molecule has 0 aromatic heterocycles. The summed E-state index contributed by atoms with van der Waals surface area (Å²) in [5.74, 6) is -1.12. The Labute approximate surface area is 144 Å². The molecule has 0 atom stereocenters. The van der Waals surface area contributed by atoms with Gasteiger partial charge in [-0.1, -0.05) is 42.5 Å². The summed E-state index contributed by atoms with van der Waals surface area (Å²) < 4.78 is 20.2. The minimum absolute atomic E-state index is 0.178. The molecule has 0 amide bonds. The van der Waals surface area contributed by atoms with Gasteiger partial charge in [0.15, 0.2) is 11.6 Å². The zero-order chi connectivity index (χ0) is 18.2. The molecule has 2 rings (SSSR count). The summed E-state index contributed by atoms with van der Waals surface area (Å²) >= 11 is 0. The summed E-state index contributed by atoms with van der Waals surface area (Å²) in [7, 11) is 0. The number of halogens is 1. The van der Waals surface area contributed by atoms with Crippen LogP contribution in [0.5, 0.6) is 11.5 Å². The molecule has 0 radical (unpaired) electrons. The van der Waals surface area contributed by atoms with Gasteiger partial charge in [-0.2, -0.15) is 0 Å². The molecule has 25 heavy (non-hydrogen) atoms. The molecular formula is C19H16FNO4. The highest BCUT2D eigenvalue weighted by atomic mass is 19.1. The summed E-state index contributed by atoms with van der Waals surface area (Å²) in [5.41, 5.74) is -0.721. The molecule has 2 aromatic carbocycles. The number of carbonyl (C=O) groups excluding carboxylic acids is 1. The average molecular weight is 341 g/mol. The van der Waals surface area contributed by atoms with Gasteiger partial charge in [0.2, 0.25) is 0 Å². The van der Waals surface area contributed by atoms with Gasteiger partial charge in [-0.3, -0.25) is 14.9 Å². The summed E-state index contributed by atoms with van der Waals surface area (Å²) in [6.07, 6.45) is -0.373. The number of nitro benzene ring substituents is 1. The van der Waals surface area contributed by atoms with Crippen LogP contribution in [-0.2, 0) is 11.2 Å². The molecule has 0 fully saturated rings. The Morgan fingerprint density at radius 2 is 1.60 bits per heavy atom. The van der Waals surface area contributed by atoms with Gasteiger partial charge >= 0.3 is 0 Å². The van der Waals surface area contributed by atoms with Gasteiger partial charge in [-0.05, 0) is 25.1 Å². The van der Waals surface area contributed by atoms with Crippen LogP contribution in [0.2, 0.25) is 0 Å². The van der Waals surface area contributed by atoms with Gasteiger partial charge in [0.05, 0.1) is 10.5 Å². The number of carbonyl (C=O) groups is 1. The largest absolute Gasteiger partial charge is 0.454 e. The van der Waals surface area contributed by atoms with E-state index in [1.165, 1.54) is 13.0 Å². The number of hydrogen-bond donors (Lipinski definition) is 0. The number of Topliss-reactive ketones (excluding diaryl/α,β-unsaturated/α-hetero) is 1. The Morgan fingerprint density at radius 3 is 2.12 bits per heavy atom. The van der Waals surface area contributed by atoms with Crippen molar-refractivity contribution in [3.8, 4) is 11.5 Å². The number of ether oxygens (including phenoxy) is 1. The average Bonchev–Trinajstić information content (AvgIpc) is 2.56. The van der Waals surface area contributed by atoms with E-state index in [1.807, 2.05) is 18.2 Å². The van der Waals surface area contributed by atoms with Crippen LogP contribution in [-0.4, -0.2) is 10.7 Å². The molecule has 0 saturated heterocycles. The zero-order valence-corrected chi connectivity index (χ0v) is 13.5. The maximum atomic E-state index is 14.7. The Kier molecular flexibility index (Phi) is 6.17. The van der Waals surface area contributed by atoms with Crippen molar-refractivity contribution < 1.29 is 18.8 Å². The van der Waals surface area contributed by atoms with Crippen molar-refractivity contribution in [3.63, 3.8) is 0 Å². The third kappa shape index (κ3) is 5.10. The van der Waals surface area contributed by atoms with Crippen molar-refractivity contribution in [3.05, 3.63) is 88.2 Å². The second-order valence-electron chi connectivity index (χ2n) is 5.20. The van der Waals surface area contributed by atoms with Gasteiger partial charge in [-0.25, -0.2) is 4.39 Å². The third-order valence-electron chi connectivity index (χ3n) is 3.22. The topological polar surface area (TPSA) is 69.4 Å². The fourth-order valence-electron chi connectivity index (χ4n) is 2.13. The molecule has 6 heteroatoms. The van der Waals surface area contributed by atoms with Crippen molar-refractivity contribution in [2.24, 2.45) is 0 Å². The molecule has 0 N–H and O–H groups in total. The van der Waals surface area contributed by atoms with Gasteiger partial charge in [0.25, 0.3) is 5.69 Å². The third-order valence-corrected chi connectivity index (χ3v) is 3.22. The lowest BCUT2D eigenvalue weighted by molar-refractivity contribution is -0.385. The van der Waals surface area contributed by atoms with E-state index in [4.69, 9.17) is 4.74 Å². The van der Waals surface area contributed by atoms with Crippen molar-refractivity contribution >= 4 is 11.5 Å². The van der Waals surface area contributed by atoms with Crippen LogP contribution >= 0.6 is 0 Å². The quantitative estimate of drug-likeness (QED) is 0.579. The summed E-state index contributed by atoms with van der Waals surface area (Å²) in [5, 5.41) is 11.1. The van der Waals surface area contributed by atoms with Crippen LogP contribution < -0.4 is 4.74 Å². The fourth-order valence-corrected chi connectivity index (χ4v) is 2.13. The number of benzene rings is 1. The smallest absolute Gasteiger partial charge is 0.276 e. The fraction of sp³-hybridized carbons (Fsp3) is 0.105. The highest BCUT2D eigenvalue weighted by molar-refractivity contribution is 5.79. The number of nitro groups is 1. The number of ketones is 1. The van der Waals surface area contributed by atoms with E-state index in [-0.39, 0.29) is 23.5 Å². The van der Waals surface area contributed by atoms with Gasteiger partial charge < -0.3 is 4.74 Å². The van der Waals surface area contributed by atoms with Crippen LogP contribution in [0.15, 0.2) is 66.7 Å². The highest BCUT2D eigenvalue weighted by Crippen LogP contribution is 2.32. The Balaban J connectivity index is 2.47. The predicted octanol–water partition coefficient (Wildman–Crippen LogP) is 4.78. The first-order chi connectivity index (χ1) is 12.0. The van der Waals surface area contributed by atoms with Crippen LogP contribution in [0.4, 0.5) is 10.1 Å². The highest BCUT2D eigenvalue weighted by Gasteiger charge is 2.23. The van der Waals surface area contributed by atoms with E-state index in [0.717, 1.165) is 6.07 Å². The Bertz CT molecular complexity index is 825. The summed E-state index contributed by atoms with van der Waals surface area (Å²) in [6.45, 7) is 1.24. The Morgan fingerprint density at radius 1 is 1.04 bits per heavy atom.